The van der Waals surface area contributed by atoms with Crippen LogP contribution in [0.15, 0.2) is 134 Å². The molecule has 0 saturated heterocycles. The van der Waals surface area contributed by atoms with Crippen LogP contribution in [-0.2, 0) is 0 Å². The Bertz CT molecular complexity index is 2110. The standard InChI is InChI=1S/C38H30BN5/c1-26-22-27(2)44(40-26)30-17-19-34-32-13-7-9-15-36(32)39-35-14-8-6-12-31(35)33-18-16-29(23-37(33)43(39)38(34)24-30)42-21-20-41(25-42)28-10-4-3-5-11-28/h3-24H,25H2,1-2H3. The monoisotopic (exact) mass is 567 g/mol. The van der Waals surface area contributed by atoms with Crippen LogP contribution in [-0.4, -0.2) is 23.3 Å². The van der Waals surface area contributed by atoms with Gasteiger partial charge in [0.1, 0.15) is 0 Å². The maximum absolute atomic E-state index is 4.84. The number of aromatic nitrogens is 2. The third kappa shape index (κ3) is 3.70. The highest BCUT2D eigenvalue weighted by atomic mass is 15.3. The molecule has 0 fully saturated rings. The minimum absolute atomic E-state index is 0.0586. The Morgan fingerprint density at radius 1 is 0.545 bits per heavy atom. The minimum Gasteiger partial charge on any atom is -0.376 e. The van der Waals surface area contributed by atoms with Crippen LogP contribution >= 0.6 is 0 Å². The van der Waals surface area contributed by atoms with Crippen molar-refractivity contribution >= 4 is 40.5 Å². The zero-order valence-electron chi connectivity index (χ0n) is 24.7. The third-order valence-electron chi connectivity index (χ3n) is 9.24. The number of hydrogen-bond acceptors (Lipinski definition) is 4. The van der Waals surface area contributed by atoms with Crippen LogP contribution in [0.4, 0.5) is 22.7 Å². The lowest BCUT2D eigenvalue weighted by Crippen LogP contribution is -2.59. The van der Waals surface area contributed by atoms with Crippen molar-refractivity contribution in [3.63, 3.8) is 0 Å². The van der Waals surface area contributed by atoms with Crippen LogP contribution in [0.1, 0.15) is 11.4 Å². The van der Waals surface area contributed by atoms with Gasteiger partial charge < -0.3 is 14.6 Å². The number of para-hydroxylation sites is 1. The van der Waals surface area contributed by atoms with Crippen LogP contribution in [0, 0.1) is 13.8 Å². The summed E-state index contributed by atoms with van der Waals surface area (Å²) in [7, 11) is 0. The molecule has 0 saturated carbocycles. The van der Waals surface area contributed by atoms with E-state index in [0.29, 0.717) is 0 Å². The van der Waals surface area contributed by atoms with Crippen LogP contribution in [0.3, 0.4) is 0 Å². The molecule has 4 heterocycles. The van der Waals surface area contributed by atoms with Gasteiger partial charge in [-0.15, -0.1) is 0 Å². The van der Waals surface area contributed by atoms with Crippen molar-refractivity contribution in [1.29, 1.82) is 0 Å². The zero-order valence-corrected chi connectivity index (χ0v) is 24.7. The Kier molecular flexibility index (Phi) is 5.42. The summed E-state index contributed by atoms with van der Waals surface area (Å²) in [6.45, 7) is 5.01. The quantitative estimate of drug-likeness (QED) is 0.212. The molecule has 44 heavy (non-hydrogen) atoms. The second-order valence-corrected chi connectivity index (χ2v) is 11.9. The van der Waals surface area contributed by atoms with Gasteiger partial charge in [-0.3, -0.25) is 0 Å². The highest BCUT2D eigenvalue weighted by molar-refractivity contribution is 6.92. The van der Waals surface area contributed by atoms with Gasteiger partial charge in [-0.05, 0) is 78.4 Å². The van der Waals surface area contributed by atoms with Gasteiger partial charge in [0.15, 0.2) is 0 Å². The molecule has 0 radical (unpaired) electrons. The SMILES string of the molecule is Cc1cc(C)n(-c2ccc3c(c2)N2B(c4ccccc4-c4ccc(N5C=CN(c6ccccc6)C5)cc42)c2ccccc2-3)n1. The minimum atomic E-state index is 0.0586. The smallest absolute Gasteiger partial charge is 0.329 e. The van der Waals surface area contributed by atoms with E-state index in [4.69, 9.17) is 5.10 Å². The predicted octanol–water partition coefficient (Wildman–Crippen LogP) is 7.15. The summed E-state index contributed by atoms with van der Waals surface area (Å²) in [5, 5.41) is 4.84. The van der Waals surface area contributed by atoms with E-state index in [2.05, 4.69) is 167 Å². The molecule has 0 amide bonds. The average Bonchev–Trinajstić information content (AvgIpc) is 3.70. The van der Waals surface area contributed by atoms with Crippen molar-refractivity contribution in [2.24, 2.45) is 0 Å². The molecule has 5 nitrogen and oxygen atoms in total. The summed E-state index contributed by atoms with van der Waals surface area (Å²) < 4.78 is 2.06. The third-order valence-corrected chi connectivity index (χ3v) is 9.24. The number of anilines is 4. The molecule has 6 aromatic rings. The molecule has 0 atom stereocenters. The second-order valence-electron chi connectivity index (χ2n) is 11.9. The van der Waals surface area contributed by atoms with Gasteiger partial charge in [-0.2, -0.15) is 5.10 Å². The first-order valence-corrected chi connectivity index (χ1v) is 15.2. The van der Waals surface area contributed by atoms with Crippen molar-refractivity contribution in [2.75, 3.05) is 21.3 Å². The predicted molar refractivity (Wildman–Crippen MR) is 183 cm³/mol. The molecule has 0 unspecified atom stereocenters. The van der Waals surface area contributed by atoms with E-state index in [-0.39, 0.29) is 6.85 Å². The maximum Gasteiger partial charge on any atom is 0.329 e. The summed E-state index contributed by atoms with van der Waals surface area (Å²) in [4.78, 5) is 7.18. The number of benzene rings is 5. The summed E-state index contributed by atoms with van der Waals surface area (Å²) >= 11 is 0. The normalized spacial score (nSPS) is 14.2. The van der Waals surface area contributed by atoms with E-state index in [1.165, 1.54) is 55.9 Å². The van der Waals surface area contributed by atoms with Crippen molar-refractivity contribution in [3.05, 3.63) is 145 Å². The highest BCUT2D eigenvalue weighted by Crippen LogP contribution is 2.47. The Balaban J connectivity index is 1.24. The summed E-state index contributed by atoms with van der Waals surface area (Å²) in [5.74, 6) is 0. The van der Waals surface area contributed by atoms with E-state index in [1.54, 1.807) is 0 Å². The number of aryl methyl sites for hydroxylation is 2. The van der Waals surface area contributed by atoms with E-state index in [0.717, 1.165) is 23.7 Å². The number of rotatable bonds is 3. The lowest BCUT2D eigenvalue weighted by Gasteiger charge is -2.43. The fourth-order valence-electron chi connectivity index (χ4n) is 7.28. The molecule has 0 spiro atoms. The second kappa shape index (κ2) is 9.51. The molecular weight excluding hydrogens is 537 g/mol. The first kappa shape index (κ1) is 25.1. The van der Waals surface area contributed by atoms with Crippen molar-refractivity contribution < 1.29 is 0 Å². The molecule has 0 bridgehead atoms. The topological polar surface area (TPSA) is 27.5 Å². The molecule has 6 heteroatoms. The summed E-state index contributed by atoms with van der Waals surface area (Å²) in [6, 6.07) is 44.3. The number of hydrogen-bond donors (Lipinski definition) is 0. The van der Waals surface area contributed by atoms with Gasteiger partial charge in [0.2, 0.25) is 0 Å². The van der Waals surface area contributed by atoms with Gasteiger partial charge in [0.25, 0.3) is 0 Å². The van der Waals surface area contributed by atoms with E-state index in [9.17, 15) is 0 Å². The molecule has 9 rings (SSSR count). The molecule has 3 aliphatic heterocycles. The van der Waals surface area contributed by atoms with Gasteiger partial charge in [-0.25, -0.2) is 4.68 Å². The highest BCUT2D eigenvalue weighted by Gasteiger charge is 2.42. The van der Waals surface area contributed by atoms with E-state index >= 15 is 0 Å². The lowest BCUT2D eigenvalue weighted by atomic mass is 9.43. The molecule has 210 valence electrons. The van der Waals surface area contributed by atoms with Crippen molar-refractivity contribution in [1.82, 2.24) is 9.78 Å². The lowest BCUT2D eigenvalue weighted by molar-refractivity contribution is 0.834. The van der Waals surface area contributed by atoms with Gasteiger partial charge in [0, 0.05) is 52.0 Å². The molecule has 1 aromatic heterocycles. The van der Waals surface area contributed by atoms with Gasteiger partial charge in [-0.1, -0.05) is 78.9 Å². The Hall–Kier alpha value is -5.49. The molecule has 5 aromatic carbocycles. The molecule has 0 aliphatic carbocycles. The largest absolute Gasteiger partial charge is 0.376 e. The van der Waals surface area contributed by atoms with Gasteiger partial charge >= 0.3 is 6.85 Å². The average molecular weight is 568 g/mol. The zero-order chi connectivity index (χ0) is 29.4. The van der Waals surface area contributed by atoms with Crippen molar-refractivity contribution in [2.45, 2.75) is 13.8 Å². The first-order valence-electron chi connectivity index (χ1n) is 15.2. The van der Waals surface area contributed by atoms with Crippen LogP contribution in [0.25, 0.3) is 27.9 Å². The molecule has 0 N–H and O–H groups in total. The Labute approximate surface area is 258 Å². The maximum atomic E-state index is 4.84. The first-order chi connectivity index (χ1) is 21.6. The van der Waals surface area contributed by atoms with Crippen LogP contribution in [0.5, 0.6) is 0 Å². The number of fused-ring (bicyclic) bond motifs is 11. The number of nitrogens with zero attached hydrogens (tertiary/aromatic N) is 5. The Morgan fingerprint density at radius 2 is 1.11 bits per heavy atom. The van der Waals surface area contributed by atoms with Gasteiger partial charge in [0.05, 0.1) is 18.1 Å². The molecule has 3 aliphatic rings. The van der Waals surface area contributed by atoms with Crippen LogP contribution < -0.4 is 25.5 Å². The fourth-order valence-corrected chi connectivity index (χ4v) is 7.28. The Morgan fingerprint density at radius 3 is 1.75 bits per heavy atom. The van der Waals surface area contributed by atoms with Crippen molar-refractivity contribution in [3.8, 4) is 27.9 Å². The summed E-state index contributed by atoms with van der Waals surface area (Å²) in [6.07, 6.45) is 4.35. The fraction of sp³-hybridized carbons (Fsp3) is 0.0789. The van der Waals surface area contributed by atoms with Crippen LogP contribution in [0.2, 0.25) is 0 Å². The molecular formula is C38H30BN5. The summed E-state index contributed by atoms with van der Waals surface area (Å²) in [5.41, 5.74) is 15.8. The van der Waals surface area contributed by atoms with E-state index in [1.807, 2.05) is 0 Å². The van der Waals surface area contributed by atoms with E-state index < -0.39 is 0 Å².